The predicted molar refractivity (Wildman–Crippen MR) is 127 cm³/mol. The number of fused-ring (bicyclic) bond motifs is 1. The first-order chi connectivity index (χ1) is 17.5. The zero-order chi connectivity index (χ0) is 26.5. The maximum Gasteiger partial charge on any atom is 0.435 e. The Hall–Kier alpha value is -4.04. The molecule has 37 heavy (non-hydrogen) atoms. The number of aromatic nitrogens is 7. The third-order valence-corrected chi connectivity index (χ3v) is 7.42. The number of nitrogens with zero attached hydrogens (tertiary/aromatic N) is 7. The molecule has 4 heterocycles. The molecular weight excluding hydrogens is 535 g/mol. The van der Waals surface area contributed by atoms with Crippen molar-refractivity contribution in [3.8, 4) is 22.8 Å². The molecule has 0 bridgehead atoms. The molecule has 1 aromatic carbocycles. The molecule has 15 heteroatoms. The Bertz CT molecular complexity index is 1810. The van der Waals surface area contributed by atoms with Crippen LogP contribution in [0.15, 0.2) is 70.9 Å². The fourth-order valence-corrected chi connectivity index (χ4v) is 4.69. The van der Waals surface area contributed by atoms with Crippen LogP contribution in [0.5, 0.6) is 0 Å². The van der Waals surface area contributed by atoms with Gasteiger partial charge in [-0.2, -0.15) is 28.1 Å². The molecular formula is C22H15ClF3N7O3S. The average molecular weight is 550 g/mol. The fourth-order valence-electron chi connectivity index (χ4n) is 3.53. The van der Waals surface area contributed by atoms with Gasteiger partial charge in [-0.3, -0.25) is 0 Å². The highest BCUT2D eigenvalue weighted by Crippen LogP contribution is 2.30. The number of hydrogen-bond donors (Lipinski definition) is 0. The van der Waals surface area contributed by atoms with Crippen LogP contribution in [-0.4, -0.2) is 48.1 Å². The molecule has 0 saturated heterocycles. The Morgan fingerprint density at radius 3 is 2.49 bits per heavy atom. The molecule has 0 atom stereocenters. The first kappa shape index (κ1) is 24.6. The van der Waals surface area contributed by atoms with Crippen LogP contribution in [0, 0.1) is 0 Å². The van der Waals surface area contributed by atoms with Crippen LogP contribution >= 0.6 is 11.6 Å². The van der Waals surface area contributed by atoms with Gasteiger partial charge in [0.25, 0.3) is 0 Å². The van der Waals surface area contributed by atoms with Crippen molar-refractivity contribution in [3.63, 3.8) is 0 Å². The van der Waals surface area contributed by atoms with Crippen molar-refractivity contribution < 1.29 is 21.6 Å². The third-order valence-electron chi connectivity index (χ3n) is 5.43. The van der Waals surface area contributed by atoms with Gasteiger partial charge < -0.3 is 0 Å². The molecule has 0 aliphatic heterocycles. The predicted octanol–water partition coefficient (Wildman–Crippen LogP) is 3.59. The highest BCUT2D eigenvalue weighted by Gasteiger charge is 2.34. The lowest BCUT2D eigenvalue weighted by Crippen LogP contribution is -2.25. The number of halogens is 4. The van der Waals surface area contributed by atoms with Gasteiger partial charge in [-0.05, 0) is 36.4 Å². The number of rotatable bonds is 5. The molecule has 190 valence electrons. The zero-order valence-electron chi connectivity index (χ0n) is 18.8. The molecule has 0 aliphatic carbocycles. The second-order valence-corrected chi connectivity index (χ2v) is 10.4. The van der Waals surface area contributed by atoms with E-state index in [-0.39, 0.29) is 33.4 Å². The summed E-state index contributed by atoms with van der Waals surface area (Å²) >= 11 is 5.90. The van der Waals surface area contributed by atoms with Crippen LogP contribution in [0.4, 0.5) is 13.2 Å². The quantitative estimate of drug-likeness (QED) is 0.329. The lowest BCUT2D eigenvalue weighted by molar-refractivity contribution is -0.141. The lowest BCUT2D eigenvalue weighted by Gasteiger charge is -2.10. The van der Waals surface area contributed by atoms with Crippen molar-refractivity contribution in [2.45, 2.75) is 18.0 Å². The van der Waals surface area contributed by atoms with Crippen LogP contribution in [-0.2, 0) is 16.0 Å². The van der Waals surface area contributed by atoms with Crippen molar-refractivity contribution in [2.24, 2.45) is 0 Å². The number of benzene rings is 1. The van der Waals surface area contributed by atoms with E-state index >= 15 is 0 Å². The molecule has 4 aromatic heterocycles. The third kappa shape index (κ3) is 4.49. The Labute approximate surface area is 211 Å². The molecule has 0 unspecified atom stereocenters. The summed E-state index contributed by atoms with van der Waals surface area (Å²) < 4.78 is 68.0. The van der Waals surface area contributed by atoms with E-state index in [4.69, 9.17) is 11.6 Å². The smallest absolute Gasteiger partial charge is 0.249 e. The van der Waals surface area contributed by atoms with Gasteiger partial charge in [0.2, 0.25) is 0 Å². The highest BCUT2D eigenvalue weighted by atomic mass is 35.5. The Kier molecular flexibility index (Phi) is 5.87. The van der Waals surface area contributed by atoms with Crippen LogP contribution in [0.1, 0.15) is 12.6 Å². The SMILES string of the molecule is CCS(=O)(=O)c1cc(-c2ccn3nc(C(F)(F)F)cc3n2)cnc1-n1ncn(-c2ccc(Cl)cc2)c1=O. The monoisotopic (exact) mass is 549 g/mol. The largest absolute Gasteiger partial charge is 0.435 e. The van der Waals surface area contributed by atoms with Crippen LogP contribution in [0.25, 0.3) is 28.4 Å². The number of sulfone groups is 1. The van der Waals surface area contributed by atoms with Crippen LogP contribution in [0.3, 0.4) is 0 Å². The van der Waals surface area contributed by atoms with Crippen molar-refractivity contribution in [3.05, 3.63) is 82.4 Å². The minimum absolute atomic E-state index is 0.0910. The van der Waals surface area contributed by atoms with Crippen LogP contribution < -0.4 is 5.69 Å². The summed E-state index contributed by atoms with van der Waals surface area (Å²) in [6, 6.07) is 9.77. The molecule has 5 aromatic rings. The first-order valence-corrected chi connectivity index (χ1v) is 12.6. The van der Waals surface area contributed by atoms with E-state index in [0.717, 1.165) is 15.3 Å². The van der Waals surface area contributed by atoms with Crippen molar-refractivity contribution >= 4 is 27.1 Å². The minimum atomic E-state index is -4.65. The fraction of sp³-hybridized carbons (Fsp3) is 0.136. The average Bonchev–Trinajstić information content (AvgIpc) is 3.47. The van der Waals surface area contributed by atoms with E-state index in [2.05, 4.69) is 20.2 Å². The van der Waals surface area contributed by atoms with E-state index in [1.807, 2.05) is 0 Å². The Balaban J connectivity index is 1.63. The van der Waals surface area contributed by atoms with Gasteiger partial charge in [-0.1, -0.05) is 18.5 Å². The van der Waals surface area contributed by atoms with Crippen LogP contribution in [0.2, 0.25) is 5.02 Å². The van der Waals surface area contributed by atoms with Gasteiger partial charge in [0, 0.05) is 29.0 Å². The standard InChI is InChI=1S/C22H15ClF3N7O3S/c1-2-37(35,36)17-9-13(16-7-8-32-19(29-16)10-18(30-32)22(24,25)26)11-27-20(17)33-21(34)31(12-28-33)15-5-3-14(23)4-6-15/h3-12H,2H2,1H3. The first-order valence-electron chi connectivity index (χ1n) is 10.6. The molecule has 0 fully saturated rings. The summed E-state index contributed by atoms with van der Waals surface area (Å²) in [6.45, 7) is 1.43. The van der Waals surface area contributed by atoms with E-state index in [0.29, 0.717) is 10.7 Å². The second-order valence-electron chi connectivity index (χ2n) is 7.76. The molecule has 0 amide bonds. The van der Waals surface area contributed by atoms with Crippen molar-refractivity contribution in [1.82, 2.24) is 33.9 Å². The molecule has 5 rings (SSSR count). The molecule has 0 spiro atoms. The lowest BCUT2D eigenvalue weighted by atomic mass is 10.2. The number of hydrogen-bond acceptors (Lipinski definition) is 7. The van der Waals surface area contributed by atoms with Gasteiger partial charge in [0.15, 0.2) is 27.0 Å². The summed E-state index contributed by atoms with van der Waals surface area (Å²) in [7, 11) is -3.93. The number of alkyl halides is 3. The highest BCUT2D eigenvalue weighted by molar-refractivity contribution is 7.91. The van der Waals surface area contributed by atoms with Gasteiger partial charge in [-0.15, -0.1) is 0 Å². The van der Waals surface area contributed by atoms with E-state index in [9.17, 15) is 26.4 Å². The van der Waals surface area contributed by atoms with Gasteiger partial charge in [-0.25, -0.2) is 32.3 Å². The second kappa shape index (κ2) is 8.81. The molecule has 0 radical (unpaired) electrons. The summed E-state index contributed by atoms with van der Waals surface area (Å²) in [5.41, 5.74) is -1.06. The minimum Gasteiger partial charge on any atom is -0.249 e. The van der Waals surface area contributed by atoms with Gasteiger partial charge >= 0.3 is 11.9 Å². The van der Waals surface area contributed by atoms with E-state index < -0.39 is 27.4 Å². The van der Waals surface area contributed by atoms with Gasteiger partial charge in [0.05, 0.1) is 17.1 Å². The summed E-state index contributed by atoms with van der Waals surface area (Å²) in [4.78, 5) is 21.2. The normalized spacial score (nSPS) is 12.4. The maximum atomic E-state index is 13.1. The molecule has 0 aliphatic rings. The molecule has 0 N–H and O–H groups in total. The summed E-state index contributed by atoms with van der Waals surface area (Å²) in [6.07, 6.45) is -0.899. The topological polar surface area (TPSA) is 117 Å². The van der Waals surface area contributed by atoms with E-state index in [1.54, 1.807) is 24.3 Å². The zero-order valence-corrected chi connectivity index (χ0v) is 20.3. The Morgan fingerprint density at radius 2 is 1.81 bits per heavy atom. The number of pyridine rings is 1. The van der Waals surface area contributed by atoms with Crippen molar-refractivity contribution in [2.75, 3.05) is 5.75 Å². The summed E-state index contributed by atoms with van der Waals surface area (Å²) in [5.74, 6) is -0.532. The van der Waals surface area contributed by atoms with Gasteiger partial charge in [0.1, 0.15) is 11.2 Å². The maximum absolute atomic E-state index is 13.1. The molecule has 0 saturated carbocycles. The molecule has 10 nitrogen and oxygen atoms in total. The Morgan fingerprint density at radius 1 is 1.08 bits per heavy atom. The van der Waals surface area contributed by atoms with Crippen molar-refractivity contribution in [1.29, 1.82) is 0 Å². The summed E-state index contributed by atoms with van der Waals surface area (Å²) in [5, 5.41) is 7.95. The van der Waals surface area contributed by atoms with E-state index in [1.165, 1.54) is 42.3 Å².